The first-order chi connectivity index (χ1) is 12.0. The molecule has 25 heavy (non-hydrogen) atoms. The summed E-state index contributed by atoms with van der Waals surface area (Å²) < 4.78 is 3.64. The highest BCUT2D eigenvalue weighted by Crippen LogP contribution is 2.12. The first-order valence-corrected chi connectivity index (χ1v) is 8.59. The van der Waals surface area contributed by atoms with E-state index in [1.54, 1.807) is 10.9 Å². The van der Waals surface area contributed by atoms with E-state index in [2.05, 4.69) is 20.8 Å². The van der Waals surface area contributed by atoms with E-state index in [0.717, 1.165) is 27.5 Å². The lowest BCUT2D eigenvalue weighted by Crippen LogP contribution is -2.27. The van der Waals surface area contributed by atoms with Gasteiger partial charge in [-0.1, -0.05) is 23.7 Å². The van der Waals surface area contributed by atoms with Gasteiger partial charge in [-0.15, -0.1) is 0 Å². The molecule has 0 bridgehead atoms. The van der Waals surface area contributed by atoms with E-state index in [9.17, 15) is 0 Å². The van der Waals surface area contributed by atoms with Gasteiger partial charge in [0.15, 0.2) is 5.11 Å². The van der Waals surface area contributed by atoms with Crippen molar-refractivity contribution in [2.45, 2.75) is 20.0 Å². The van der Waals surface area contributed by atoms with E-state index >= 15 is 0 Å². The van der Waals surface area contributed by atoms with Crippen molar-refractivity contribution in [3.8, 4) is 0 Å². The molecular formula is C17H19ClN6S. The van der Waals surface area contributed by atoms with E-state index in [1.165, 1.54) is 0 Å². The Balaban J connectivity index is 1.53. The van der Waals surface area contributed by atoms with Gasteiger partial charge in [-0.2, -0.15) is 10.2 Å². The number of hydrogen-bond acceptors (Lipinski definition) is 3. The quantitative estimate of drug-likeness (QED) is 0.672. The molecule has 8 heteroatoms. The van der Waals surface area contributed by atoms with Gasteiger partial charge < -0.3 is 10.6 Å². The van der Waals surface area contributed by atoms with Crippen LogP contribution in [-0.4, -0.2) is 24.7 Å². The minimum atomic E-state index is 0.550. The van der Waals surface area contributed by atoms with Crippen LogP contribution in [0.2, 0.25) is 5.02 Å². The molecule has 130 valence electrons. The molecular weight excluding hydrogens is 356 g/mol. The summed E-state index contributed by atoms with van der Waals surface area (Å²) in [5.74, 6) is 0. The summed E-state index contributed by atoms with van der Waals surface area (Å²) in [6, 6.07) is 7.72. The Morgan fingerprint density at radius 3 is 2.68 bits per heavy atom. The molecule has 2 N–H and O–H groups in total. The Kier molecular flexibility index (Phi) is 5.35. The van der Waals surface area contributed by atoms with Crippen molar-refractivity contribution in [1.82, 2.24) is 24.9 Å². The van der Waals surface area contributed by atoms with Crippen LogP contribution in [-0.2, 0) is 20.1 Å². The Labute approximate surface area is 156 Å². The van der Waals surface area contributed by atoms with Gasteiger partial charge in [0.2, 0.25) is 0 Å². The van der Waals surface area contributed by atoms with Crippen LogP contribution >= 0.6 is 23.8 Å². The van der Waals surface area contributed by atoms with E-state index in [1.807, 2.05) is 55.3 Å². The van der Waals surface area contributed by atoms with Gasteiger partial charge in [0, 0.05) is 36.6 Å². The van der Waals surface area contributed by atoms with Gasteiger partial charge in [0.05, 0.1) is 24.1 Å². The highest BCUT2D eigenvalue weighted by Gasteiger charge is 2.05. The Morgan fingerprint density at radius 2 is 2.00 bits per heavy atom. The standard InChI is InChI=1S/C17H19ClN6S/c1-12-14(10-23(2)22-12)7-19-17(25)21-16-8-20-24(11-16)9-13-3-5-15(18)6-4-13/h3-6,8,10-11H,7,9H2,1-2H3,(H2,19,21,25). The number of hydrogen-bond donors (Lipinski definition) is 2. The Bertz CT molecular complexity index is 868. The maximum atomic E-state index is 5.90. The number of rotatable bonds is 5. The fourth-order valence-corrected chi connectivity index (χ4v) is 2.78. The maximum absolute atomic E-state index is 5.90. The second kappa shape index (κ2) is 7.67. The number of aryl methyl sites for hydroxylation is 2. The van der Waals surface area contributed by atoms with Crippen molar-refractivity contribution in [1.29, 1.82) is 0 Å². The molecule has 0 saturated carbocycles. The molecule has 0 fully saturated rings. The highest BCUT2D eigenvalue weighted by atomic mass is 35.5. The highest BCUT2D eigenvalue weighted by molar-refractivity contribution is 7.80. The van der Waals surface area contributed by atoms with Crippen LogP contribution < -0.4 is 10.6 Å². The summed E-state index contributed by atoms with van der Waals surface area (Å²) in [4.78, 5) is 0. The van der Waals surface area contributed by atoms with Gasteiger partial charge in [-0.25, -0.2) is 0 Å². The molecule has 1 aromatic carbocycles. The van der Waals surface area contributed by atoms with Crippen LogP contribution in [0.4, 0.5) is 5.69 Å². The molecule has 3 rings (SSSR count). The number of anilines is 1. The second-order valence-corrected chi connectivity index (χ2v) is 6.62. The molecule has 2 aromatic heterocycles. The van der Waals surface area contributed by atoms with Crippen molar-refractivity contribution < 1.29 is 0 Å². The summed E-state index contributed by atoms with van der Waals surface area (Å²) in [5.41, 5.74) is 4.08. The molecule has 0 amide bonds. The Morgan fingerprint density at radius 1 is 1.24 bits per heavy atom. The van der Waals surface area contributed by atoms with Crippen molar-refractivity contribution in [2.75, 3.05) is 5.32 Å². The largest absolute Gasteiger partial charge is 0.358 e. The van der Waals surface area contributed by atoms with Gasteiger partial charge in [0.1, 0.15) is 0 Å². The van der Waals surface area contributed by atoms with Crippen molar-refractivity contribution in [3.05, 3.63) is 64.7 Å². The van der Waals surface area contributed by atoms with Crippen molar-refractivity contribution in [2.24, 2.45) is 7.05 Å². The molecule has 0 spiro atoms. The molecule has 0 saturated heterocycles. The zero-order valence-corrected chi connectivity index (χ0v) is 15.6. The lowest BCUT2D eigenvalue weighted by Gasteiger charge is -2.08. The molecule has 0 aliphatic heterocycles. The summed E-state index contributed by atoms with van der Waals surface area (Å²) in [6.45, 7) is 3.28. The molecule has 0 atom stereocenters. The van der Waals surface area contributed by atoms with E-state index < -0.39 is 0 Å². The zero-order chi connectivity index (χ0) is 17.8. The summed E-state index contributed by atoms with van der Waals surface area (Å²) in [5, 5.41) is 16.3. The number of benzene rings is 1. The number of nitrogens with one attached hydrogen (secondary N) is 2. The minimum absolute atomic E-state index is 0.550. The smallest absolute Gasteiger partial charge is 0.171 e. The van der Waals surface area contributed by atoms with E-state index in [-0.39, 0.29) is 0 Å². The second-order valence-electron chi connectivity index (χ2n) is 5.77. The molecule has 0 unspecified atom stereocenters. The van der Waals surface area contributed by atoms with Gasteiger partial charge in [-0.3, -0.25) is 9.36 Å². The Hall–Kier alpha value is -2.38. The molecule has 6 nitrogen and oxygen atoms in total. The maximum Gasteiger partial charge on any atom is 0.171 e. The molecule has 2 heterocycles. The third-order valence-electron chi connectivity index (χ3n) is 3.70. The van der Waals surface area contributed by atoms with Gasteiger partial charge >= 0.3 is 0 Å². The lowest BCUT2D eigenvalue weighted by molar-refractivity contribution is 0.687. The first-order valence-electron chi connectivity index (χ1n) is 7.80. The van der Waals surface area contributed by atoms with Crippen molar-refractivity contribution >= 4 is 34.6 Å². The fraction of sp³-hybridized carbons (Fsp3) is 0.235. The average molecular weight is 375 g/mol. The van der Waals surface area contributed by atoms with Crippen LogP contribution in [0.5, 0.6) is 0 Å². The van der Waals surface area contributed by atoms with Gasteiger partial charge in [-0.05, 0) is 36.8 Å². The SMILES string of the molecule is Cc1nn(C)cc1CNC(=S)Nc1cnn(Cc2ccc(Cl)cc2)c1. The normalized spacial score (nSPS) is 10.7. The number of nitrogens with zero attached hydrogens (tertiary/aromatic N) is 4. The third-order valence-corrected chi connectivity index (χ3v) is 4.20. The van der Waals surface area contributed by atoms with Crippen LogP contribution in [0.3, 0.4) is 0 Å². The van der Waals surface area contributed by atoms with E-state index in [4.69, 9.17) is 23.8 Å². The minimum Gasteiger partial charge on any atom is -0.358 e. The number of halogens is 1. The third kappa shape index (κ3) is 4.80. The van der Waals surface area contributed by atoms with Crippen LogP contribution in [0.1, 0.15) is 16.8 Å². The topological polar surface area (TPSA) is 59.7 Å². The lowest BCUT2D eigenvalue weighted by atomic mass is 10.2. The van der Waals surface area contributed by atoms with Crippen molar-refractivity contribution in [3.63, 3.8) is 0 Å². The average Bonchev–Trinajstić information content (AvgIpc) is 3.13. The first kappa shape index (κ1) is 17.4. The molecule has 0 aliphatic carbocycles. The van der Waals surface area contributed by atoms with E-state index in [0.29, 0.717) is 18.2 Å². The predicted molar refractivity (Wildman–Crippen MR) is 104 cm³/mol. The fourth-order valence-electron chi connectivity index (χ4n) is 2.46. The number of aromatic nitrogens is 4. The predicted octanol–water partition coefficient (Wildman–Crippen LogP) is 3.11. The molecule has 0 aliphatic rings. The summed E-state index contributed by atoms with van der Waals surface area (Å²) in [6.07, 6.45) is 5.65. The van der Waals surface area contributed by atoms with Gasteiger partial charge in [0.25, 0.3) is 0 Å². The van der Waals surface area contributed by atoms with Crippen LogP contribution in [0.15, 0.2) is 42.9 Å². The summed E-state index contributed by atoms with van der Waals surface area (Å²) in [7, 11) is 1.90. The monoisotopic (exact) mass is 374 g/mol. The van der Waals surface area contributed by atoms with Crippen LogP contribution in [0.25, 0.3) is 0 Å². The molecule has 0 radical (unpaired) electrons. The molecule has 3 aromatic rings. The summed E-state index contributed by atoms with van der Waals surface area (Å²) >= 11 is 11.2. The zero-order valence-electron chi connectivity index (χ0n) is 14.0. The van der Waals surface area contributed by atoms with Crippen LogP contribution in [0, 0.1) is 6.92 Å². The number of thiocarbonyl (C=S) groups is 1.